The van der Waals surface area contributed by atoms with Crippen molar-refractivity contribution in [2.75, 3.05) is 12.0 Å². The van der Waals surface area contributed by atoms with Crippen LogP contribution in [0.5, 0.6) is 0 Å². The molecule has 0 aliphatic heterocycles. The molecule has 0 spiro atoms. The summed E-state index contributed by atoms with van der Waals surface area (Å²) in [5, 5.41) is 4.00. The molecule has 0 amide bonds. The number of thioether (sulfide) groups is 2. The van der Waals surface area contributed by atoms with Gasteiger partial charge in [-0.1, -0.05) is 23.4 Å². The fourth-order valence-corrected chi connectivity index (χ4v) is 3.07. The van der Waals surface area contributed by atoms with E-state index >= 15 is 0 Å². The molecule has 6 heteroatoms. The lowest BCUT2D eigenvalue weighted by Crippen LogP contribution is -2.11. The molecule has 0 bridgehead atoms. The van der Waals surface area contributed by atoms with Crippen molar-refractivity contribution in [1.82, 2.24) is 10.1 Å². The van der Waals surface area contributed by atoms with Crippen molar-refractivity contribution in [2.24, 2.45) is 5.73 Å². The van der Waals surface area contributed by atoms with Gasteiger partial charge in [0.15, 0.2) is 5.82 Å². The van der Waals surface area contributed by atoms with Crippen LogP contribution >= 0.6 is 23.5 Å². The van der Waals surface area contributed by atoms with Gasteiger partial charge in [-0.25, -0.2) is 0 Å². The zero-order valence-electron chi connectivity index (χ0n) is 11.7. The van der Waals surface area contributed by atoms with Crippen LogP contribution in [0.4, 0.5) is 0 Å². The van der Waals surface area contributed by atoms with Crippen LogP contribution in [0, 0.1) is 6.92 Å². The Labute approximate surface area is 127 Å². The Kier molecular flexibility index (Phi) is 5.94. The highest BCUT2D eigenvalue weighted by molar-refractivity contribution is 7.98. The molecule has 2 N–H and O–H groups in total. The van der Waals surface area contributed by atoms with Crippen molar-refractivity contribution in [2.45, 2.75) is 30.0 Å². The predicted molar refractivity (Wildman–Crippen MR) is 85.0 cm³/mol. The van der Waals surface area contributed by atoms with Crippen LogP contribution in [0.3, 0.4) is 0 Å². The fourth-order valence-electron chi connectivity index (χ4n) is 1.71. The van der Waals surface area contributed by atoms with E-state index in [0.717, 1.165) is 12.2 Å². The van der Waals surface area contributed by atoms with Crippen LogP contribution in [0.15, 0.2) is 33.7 Å². The molecule has 0 saturated heterocycles. The number of rotatable bonds is 7. The average molecular weight is 309 g/mol. The highest BCUT2D eigenvalue weighted by Crippen LogP contribution is 2.25. The highest BCUT2D eigenvalue weighted by Gasteiger charge is 2.14. The van der Waals surface area contributed by atoms with Gasteiger partial charge in [-0.05, 0) is 37.0 Å². The molecule has 1 aromatic heterocycles. The average Bonchev–Trinajstić information content (AvgIpc) is 2.93. The summed E-state index contributed by atoms with van der Waals surface area (Å²) in [6, 6.07) is 8.12. The molecule has 108 valence electrons. The van der Waals surface area contributed by atoms with Crippen LogP contribution in [0.25, 0.3) is 0 Å². The topological polar surface area (TPSA) is 64.9 Å². The second-order valence-corrected chi connectivity index (χ2v) is 6.49. The molecule has 1 aromatic carbocycles. The van der Waals surface area contributed by atoms with E-state index in [2.05, 4.69) is 35.5 Å². The molecule has 2 rings (SSSR count). The maximum Gasteiger partial charge on any atom is 0.243 e. The number of hydrogen-bond donors (Lipinski definition) is 1. The van der Waals surface area contributed by atoms with Crippen molar-refractivity contribution in [3.05, 3.63) is 41.5 Å². The number of nitrogens with two attached hydrogens (primary N) is 1. The molecule has 1 heterocycles. The first-order valence-corrected chi connectivity index (χ1v) is 8.84. The summed E-state index contributed by atoms with van der Waals surface area (Å²) in [4.78, 5) is 5.62. The second kappa shape index (κ2) is 7.71. The van der Waals surface area contributed by atoms with Gasteiger partial charge in [0.25, 0.3) is 0 Å². The van der Waals surface area contributed by atoms with Crippen molar-refractivity contribution in [1.29, 1.82) is 0 Å². The van der Waals surface area contributed by atoms with E-state index in [1.165, 1.54) is 10.5 Å². The van der Waals surface area contributed by atoms with Crippen LogP contribution in [-0.4, -0.2) is 22.1 Å². The molecule has 0 unspecified atom stereocenters. The van der Waals surface area contributed by atoms with Gasteiger partial charge in [0.2, 0.25) is 5.89 Å². The quantitative estimate of drug-likeness (QED) is 0.791. The number of aryl methyl sites for hydroxylation is 1. The van der Waals surface area contributed by atoms with Gasteiger partial charge in [-0.3, -0.25) is 0 Å². The van der Waals surface area contributed by atoms with Gasteiger partial charge in [-0.15, -0.1) is 11.8 Å². The van der Waals surface area contributed by atoms with Crippen molar-refractivity contribution in [3.63, 3.8) is 0 Å². The van der Waals surface area contributed by atoms with Crippen LogP contribution in [0.2, 0.25) is 0 Å². The number of hydrogen-bond acceptors (Lipinski definition) is 6. The Morgan fingerprint density at radius 2 is 2.15 bits per heavy atom. The lowest BCUT2D eigenvalue weighted by Gasteiger charge is -2.04. The Morgan fingerprint density at radius 1 is 1.35 bits per heavy atom. The Morgan fingerprint density at radius 3 is 2.90 bits per heavy atom. The molecule has 0 fully saturated rings. The van der Waals surface area contributed by atoms with E-state index in [1.54, 1.807) is 23.5 Å². The van der Waals surface area contributed by atoms with Gasteiger partial charge < -0.3 is 10.3 Å². The smallest absolute Gasteiger partial charge is 0.243 e. The zero-order chi connectivity index (χ0) is 14.4. The third kappa shape index (κ3) is 4.26. The number of aromatic nitrogens is 2. The first-order valence-electron chi connectivity index (χ1n) is 6.46. The molecule has 0 saturated carbocycles. The number of benzene rings is 1. The van der Waals surface area contributed by atoms with E-state index in [0.29, 0.717) is 17.5 Å². The van der Waals surface area contributed by atoms with Crippen molar-refractivity contribution >= 4 is 23.5 Å². The van der Waals surface area contributed by atoms with Crippen LogP contribution in [0.1, 0.15) is 29.7 Å². The normalized spacial score (nSPS) is 12.6. The van der Waals surface area contributed by atoms with Gasteiger partial charge in [0.05, 0.1) is 11.8 Å². The van der Waals surface area contributed by atoms with Crippen LogP contribution < -0.4 is 5.73 Å². The summed E-state index contributed by atoms with van der Waals surface area (Å²) >= 11 is 3.48. The molecule has 0 radical (unpaired) electrons. The standard InChI is InChI=1S/C14H19N3OS2/c1-10-5-3-4-6-12(10)20-9-13-16-14(18-17-13)11(15)7-8-19-2/h3-6,11H,7-9,15H2,1-2H3/t11-/m1/s1. The molecular weight excluding hydrogens is 290 g/mol. The third-order valence-electron chi connectivity index (χ3n) is 2.88. The van der Waals surface area contributed by atoms with E-state index in [9.17, 15) is 0 Å². The minimum atomic E-state index is -0.160. The van der Waals surface area contributed by atoms with Crippen molar-refractivity contribution in [3.8, 4) is 0 Å². The number of nitrogens with zero attached hydrogens (tertiary/aromatic N) is 2. The highest BCUT2D eigenvalue weighted by atomic mass is 32.2. The van der Waals surface area contributed by atoms with Crippen LogP contribution in [-0.2, 0) is 5.75 Å². The largest absolute Gasteiger partial charge is 0.338 e. The molecule has 2 aromatic rings. The Bertz CT molecular complexity index is 545. The van der Waals surface area contributed by atoms with E-state index in [-0.39, 0.29) is 6.04 Å². The lowest BCUT2D eigenvalue weighted by molar-refractivity contribution is 0.350. The van der Waals surface area contributed by atoms with E-state index < -0.39 is 0 Å². The maximum absolute atomic E-state index is 6.01. The molecule has 0 aliphatic carbocycles. The molecule has 1 atom stereocenters. The van der Waals surface area contributed by atoms with Gasteiger partial charge >= 0.3 is 0 Å². The monoisotopic (exact) mass is 309 g/mol. The van der Waals surface area contributed by atoms with E-state index in [1.807, 2.05) is 12.1 Å². The lowest BCUT2D eigenvalue weighted by atomic mass is 10.2. The van der Waals surface area contributed by atoms with E-state index in [4.69, 9.17) is 10.3 Å². The minimum Gasteiger partial charge on any atom is -0.338 e. The minimum absolute atomic E-state index is 0.160. The summed E-state index contributed by atoms with van der Waals surface area (Å²) in [6.07, 6.45) is 2.92. The summed E-state index contributed by atoms with van der Waals surface area (Å²) in [6.45, 7) is 2.10. The zero-order valence-corrected chi connectivity index (χ0v) is 13.3. The molecule has 4 nitrogen and oxygen atoms in total. The first kappa shape index (κ1) is 15.4. The fraction of sp³-hybridized carbons (Fsp3) is 0.429. The SMILES string of the molecule is CSCC[C@@H](N)c1nc(CSc2ccccc2C)no1. The second-order valence-electron chi connectivity index (χ2n) is 4.49. The summed E-state index contributed by atoms with van der Waals surface area (Å²) in [7, 11) is 0. The maximum atomic E-state index is 6.01. The van der Waals surface area contributed by atoms with Crippen molar-refractivity contribution < 1.29 is 4.52 Å². The van der Waals surface area contributed by atoms with Gasteiger partial charge in [-0.2, -0.15) is 16.7 Å². The van der Waals surface area contributed by atoms with Gasteiger partial charge in [0.1, 0.15) is 0 Å². The summed E-state index contributed by atoms with van der Waals surface area (Å²) < 4.78 is 5.23. The summed E-state index contributed by atoms with van der Waals surface area (Å²) in [5.41, 5.74) is 7.27. The Balaban J connectivity index is 1.91. The molecule has 20 heavy (non-hydrogen) atoms. The molecule has 0 aliphatic rings. The predicted octanol–water partition coefficient (Wildman–Crippen LogP) is 3.42. The Hall–Kier alpha value is -0.980. The van der Waals surface area contributed by atoms with Gasteiger partial charge in [0, 0.05) is 4.90 Å². The summed E-state index contributed by atoms with van der Waals surface area (Å²) in [5.74, 6) is 2.94. The third-order valence-corrected chi connectivity index (χ3v) is 4.70. The molecular formula is C14H19N3OS2. The first-order chi connectivity index (χ1) is 9.70.